The number of rotatable bonds is 6. The van der Waals surface area contributed by atoms with E-state index in [0.717, 1.165) is 17.7 Å². The van der Waals surface area contributed by atoms with E-state index in [9.17, 15) is 22.4 Å². The van der Waals surface area contributed by atoms with Crippen molar-refractivity contribution in [1.82, 2.24) is 9.80 Å². The maximum absolute atomic E-state index is 13.1. The van der Waals surface area contributed by atoms with Gasteiger partial charge in [-0.25, -0.2) is 4.39 Å². The first kappa shape index (κ1) is 22.9. The van der Waals surface area contributed by atoms with Crippen molar-refractivity contribution in [3.8, 4) is 11.5 Å². The molecule has 2 aromatic carbocycles. The maximum Gasteiger partial charge on any atom is 0.573 e. The van der Waals surface area contributed by atoms with E-state index in [1.807, 2.05) is 13.8 Å². The number of nitrogens with zero attached hydrogens (tertiary/aromatic N) is 2. The molecule has 2 atom stereocenters. The third-order valence-electron chi connectivity index (χ3n) is 5.15. The smallest absolute Gasteiger partial charge is 0.484 e. The molecule has 0 N–H and O–H groups in total. The molecule has 1 heterocycles. The summed E-state index contributed by atoms with van der Waals surface area (Å²) in [6, 6.07) is 11.3. The lowest BCUT2D eigenvalue weighted by Crippen LogP contribution is -2.58. The molecule has 1 saturated heterocycles. The van der Waals surface area contributed by atoms with Gasteiger partial charge in [-0.3, -0.25) is 9.69 Å². The molecular weight excluding hydrogens is 416 g/mol. The number of carbonyl (C=O) groups is 1. The average molecular weight is 440 g/mol. The fraction of sp³-hybridized carbons (Fsp3) is 0.409. The van der Waals surface area contributed by atoms with Crippen LogP contribution in [0.5, 0.6) is 11.5 Å². The standard InChI is InChI=1S/C22H24F4N2O3/c1-15-12-28(16(2)11-27(15)13-17-3-5-18(23)6-4-17)21(29)14-30-19-7-9-20(10-8-19)31-22(24,25)26/h3-10,15-16H,11-14H2,1-2H3/t15-,16+/m0/s1. The highest BCUT2D eigenvalue weighted by Crippen LogP contribution is 2.25. The molecule has 1 amide bonds. The number of halogens is 4. The van der Waals surface area contributed by atoms with Crippen LogP contribution in [-0.4, -0.2) is 53.8 Å². The lowest BCUT2D eigenvalue weighted by Gasteiger charge is -2.44. The minimum atomic E-state index is -4.76. The van der Waals surface area contributed by atoms with E-state index in [-0.39, 0.29) is 41.9 Å². The molecule has 2 aromatic rings. The molecule has 0 saturated carbocycles. The molecule has 31 heavy (non-hydrogen) atoms. The molecule has 168 valence electrons. The monoisotopic (exact) mass is 440 g/mol. The number of ether oxygens (including phenoxy) is 2. The van der Waals surface area contributed by atoms with Gasteiger partial charge in [0.05, 0.1) is 0 Å². The highest BCUT2D eigenvalue weighted by molar-refractivity contribution is 5.78. The van der Waals surface area contributed by atoms with Crippen LogP contribution in [0.25, 0.3) is 0 Å². The lowest BCUT2D eigenvalue weighted by atomic mass is 10.1. The Morgan fingerprint density at radius 3 is 2.19 bits per heavy atom. The zero-order valence-electron chi connectivity index (χ0n) is 17.2. The van der Waals surface area contributed by atoms with E-state index in [2.05, 4.69) is 9.64 Å². The van der Waals surface area contributed by atoms with Crippen molar-refractivity contribution < 1.29 is 31.8 Å². The molecule has 0 spiro atoms. The van der Waals surface area contributed by atoms with Gasteiger partial charge in [0.2, 0.25) is 0 Å². The van der Waals surface area contributed by atoms with Gasteiger partial charge in [0.1, 0.15) is 17.3 Å². The van der Waals surface area contributed by atoms with Crippen LogP contribution in [0.4, 0.5) is 17.6 Å². The number of hydrogen-bond donors (Lipinski definition) is 0. The Morgan fingerprint density at radius 1 is 0.968 bits per heavy atom. The van der Waals surface area contributed by atoms with Gasteiger partial charge in [0, 0.05) is 31.7 Å². The summed E-state index contributed by atoms with van der Waals surface area (Å²) in [5.74, 6) is -0.552. The number of benzene rings is 2. The average Bonchev–Trinajstić information content (AvgIpc) is 2.70. The van der Waals surface area contributed by atoms with Gasteiger partial charge in [0.15, 0.2) is 6.61 Å². The van der Waals surface area contributed by atoms with E-state index < -0.39 is 6.36 Å². The summed E-state index contributed by atoms with van der Waals surface area (Å²) < 4.78 is 59.0. The Balaban J connectivity index is 1.51. The van der Waals surface area contributed by atoms with Gasteiger partial charge in [-0.05, 0) is 55.8 Å². The van der Waals surface area contributed by atoms with Crippen molar-refractivity contribution >= 4 is 5.91 Å². The molecule has 0 aromatic heterocycles. The van der Waals surface area contributed by atoms with E-state index in [1.54, 1.807) is 17.0 Å². The number of piperazine rings is 1. The van der Waals surface area contributed by atoms with E-state index in [4.69, 9.17) is 4.74 Å². The summed E-state index contributed by atoms with van der Waals surface area (Å²) in [5, 5.41) is 0. The molecule has 5 nitrogen and oxygen atoms in total. The lowest BCUT2D eigenvalue weighted by molar-refractivity contribution is -0.274. The molecular formula is C22H24F4N2O3. The Labute approximate surface area is 178 Å². The highest BCUT2D eigenvalue weighted by atomic mass is 19.4. The Morgan fingerprint density at radius 2 is 1.58 bits per heavy atom. The van der Waals surface area contributed by atoms with Gasteiger partial charge in [-0.1, -0.05) is 12.1 Å². The summed E-state index contributed by atoms with van der Waals surface area (Å²) in [7, 11) is 0. The van der Waals surface area contributed by atoms with Gasteiger partial charge in [-0.15, -0.1) is 13.2 Å². The van der Waals surface area contributed by atoms with Gasteiger partial charge in [0.25, 0.3) is 5.91 Å². The second kappa shape index (κ2) is 9.55. The van der Waals surface area contributed by atoms with E-state index >= 15 is 0 Å². The molecule has 0 aliphatic carbocycles. The Bertz CT molecular complexity index is 872. The fourth-order valence-corrected chi connectivity index (χ4v) is 3.56. The SMILES string of the molecule is C[C@@H]1CN(Cc2ccc(F)cc2)[C@@H](C)CN1C(=O)COc1ccc(OC(F)(F)F)cc1. The van der Waals surface area contributed by atoms with Crippen LogP contribution >= 0.6 is 0 Å². The van der Waals surface area contributed by atoms with Gasteiger partial charge in [-0.2, -0.15) is 0 Å². The normalized spacial score (nSPS) is 19.9. The first-order valence-corrected chi connectivity index (χ1v) is 9.87. The van der Waals surface area contributed by atoms with E-state index in [0.29, 0.717) is 19.6 Å². The number of amides is 1. The second-order valence-electron chi connectivity index (χ2n) is 7.61. The number of alkyl halides is 3. The van der Waals surface area contributed by atoms with E-state index in [1.165, 1.54) is 24.3 Å². The topological polar surface area (TPSA) is 42.0 Å². The van der Waals surface area contributed by atoms with Crippen LogP contribution in [0, 0.1) is 5.82 Å². The van der Waals surface area contributed by atoms with Crippen LogP contribution in [0.3, 0.4) is 0 Å². The van der Waals surface area contributed by atoms with Crippen LogP contribution in [0.2, 0.25) is 0 Å². The fourth-order valence-electron chi connectivity index (χ4n) is 3.56. The van der Waals surface area contributed by atoms with Crippen molar-refractivity contribution in [1.29, 1.82) is 0 Å². The summed E-state index contributed by atoms with van der Waals surface area (Å²) >= 11 is 0. The van der Waals surface area contributed by atoms with Crippen LogP contribution < -0.4 is 9.47 Å². The van der Waals surface area contributed by atoms with Crippen molar-refractivity contribution in [2.75, 3.05) is 19.7 Å². The molecule has 1 aliphatic rings. The number of hydrogen-bond acceptors (Lipinski definition) is 4. The first-order chi connectivity index (χ1) is 14.6. The summed E-state index contributed by atoms with van der Waals surface area (Å²) in [6.07, 6.45) is -4.76. The molecule has 0 unspecified atom stereocenters. The molecule has 0 bridgehead atoms. The molecule has 1 aliphatic heterocycles. The predicted molar refractivity (Wildman–Crippen MR) is 106 cm³/mol. The minimum Gasteiger partial charge on any atom is -0.484 e. The van der Waals surface area contributed by atoms with Crippen LogP contribution in [-0.2, 0) is 11.3 Å². The quantitative estimate of drug-likeness (QED) is 0.631. The highest BCUT2D eigenvalue weighted by Gasteiger charge is 2.32. The maximum atomic E-state index is 13.1. The van der Waals surface area contributed by atoms with Crippen LogP contribution in [0.1, 0.15) is 19.4 Å². The Hall–Kier alpha value is -2.81. The van der Waals surface area contributed by atoms with Crippen molar-refractivity contribution in [3.63, 3.8) is 0 Å². The van der Waals surface area contributed by atoms with Gasteiger partial charge < -0.3 is 14.4 Å². The minimum absolute atomic E-state index is 0.0460. The third kappa shape index (κ3) is 6.58. The molecule has 1 fully saturated rings. The first-order valence-electron chi connectivity index (χ1n) is 9.87. The number of carbonyl (C=O) groups excluding carboxylic acids is 1. The summed E-state index contributed by atoms with van der Waals surface area (Å²) in [4.78, 5) is 16.6. The molecule has 3 rings (SSSR count). The Kier molecular flexibility index (Phi) is 7.04. The van der Waals surface area contributed by atoms with Crippen molar-refractivity contribution in [2.45, 2.75) is 38.8 Å². The summed E-state index contributed by atoms with van der Waals surface area (Å²) in [5.41, 5.74) is 1.00. The van der Waals surface area contributed by atoms with Crippen molar-refractivity contribution in [2.24, 2.45) is 0 Å². The summed E-state index contributed by atoms with van der Waals surface area (Å²) in [6.45, 7) is 5.60. The van der Waals surface area contributed by atoms with Gasteiger partial charge >= 0.3 is 6.36 Å². The molecule has 0 radical (unpaired) electrons. The van der Waals surface area contributed by atoms with Crippen molar-refractivity contribution in [3.05, 3.63) is 59.9 Å². The predicted octanol–water partition coefficient (Wildman–Crippen LogP) is 4.22. The van der Waals surface area contributed by atoms with Crippen LogP contribution in [0.15, 0.2) is 48.5 Å². The zero-order valence-corrected chi connectivity index (χ0v) is 17.2. The molecule has 9 heteroatoms. The third-order valence-corrected chi connectivity index (χ3v) is 5.15. The zero-order chi connectivity index (χ0) is 22.6. The largest absolute Gasteiger partial charge is 0.573 e. The second-order valence-corrected chi connectivity index (χ2v) is 7.61.